The number of hydrogen-bond acceptors (Lipinski definition) is 4. The number of nitrogens with one attached hydrogen (secondary N) is 3. The summed E-state index contributed by atoms with van der Waals surface area (Å²) in [6.07, 6.45) is 5.31. The smallest absolute Gasteiger partial charge is 0.223 e. The summed E-state index contributed by atoms with van der Waals surface area (Å²) in [4.78, 5) is 37.7. The number of carbonyl (C=O) groups excluding carboxylic acids is 3. The molecule has 0 bridgehead atoms. The Morgan fingerprint density at radius 2 is 1.76 bits per heavy atom. The summed E-state index contributed by atoms with van der Waals surface area (Å²) in [7, 11) is 0. The molecule has 1 aromatic carbocycles. The predicted octanol–water partition coefficient (Wildman–Crippen LogP) is 3.98. The van der Waals surface area contributed by atoms with Gasteiger partial charge in [-0.05, 0) is 55.9 Å². The molecule has 1 aliphatic carbocycles. The molecule has 0 saturated heterocycles. The Bertz CT molecular complexity index is 844. The molecule has 7 heteroatoms. The van der Waals surface area contributed by atoms with Gasteiger partial charge < -0.3 is 21.1 Å². The van der Waals surface area contributed by atoms with Crippen LogP contribution in [0.1, 0.15) is 85.1 Å². The van der Waals surface area contributed by atoms with Gasteiger partial charge in [-0.15, -0.1) is 0 Å². The zero-order chi connectivity index (χ0) is 27.4. The van der Waals surface area contributed by atoms with Gasteiger partial charge in [0.2, 0.25) is 17.7 Å². The summed E-state index contributed by atoms with van der Waals surface area (Å²) >= 11 is 0. The van der Waals surface area contributed by atoms with Crippen LogP contribution in [0.3, 0.4) is 0 Å². The zero-order valence-corrected chi connectivity index (χ0v) is 23.5. The molecule has 1 aliphatic rings. The molecule has 208 valence electrons. The van der Waals surface area contributed by atoms with Gasteiger partial charge in [0.25, 0.3) is 0 Å². The largest absolute Gasteiger partial charge is 0.391 e. The fourth-order valence-electron chi connectivity index (χ4n) is 5.50. The van der Waals surface area contributed by atoms with E-state index in [1.165, 1.54) is 0 Å². The Morgan fingerprint density at radius 1 is 1.05 bits per heavy atom. The first-order chi connectivity index (χ1) is 17.6. The van der Waals surface area contributed by atoms with E-state index in [0.29, 0.717) is 13.0 Å². The van der Waals surface area contributed by atoms with E-state index in [2.05, 4.69) is 36.7 Å². The molecule has 0 aromatic heterocycles. The topological polar surface area (TPSA) is 108 Å². The molecular formula is C30H49N3O4. The first-order valence-electron chi connectivity index (χ1n) is 14.2. The van der Waals surface area contributed by atoms with Crippen molar-refractivity contribution in [2.24, 2.45) is 23.7 Å². The van der Waals surface area contributed by atoms with Gasteiger partial charge in [0.1, 0.15) is 0 Å². The molecule has 4 N–H and O–H groups in total. The lowest BCUT2D eigenvalue weighted by atomic mass is 9.74. The van der Waals surface area contributed by atoms with Crippen molar-refractivity contribution >= 4 is 17.7 Å². The molecule has 3 amide bonds. The van der Waals surface area contributed by atoms with Crippen LogP contribution < -0.4 is 16.0 Å². The van der Waals surface area contributed by atoms with Crippen molar-refractivity contribution in [3.63, 3.8) is 0 Å². The minimum atomic E-state index is -0.849. The fraction of sp³-hybridized carbons (Fsp3) is 0.700. The number of amides is 3. The van der Waals surface area contributed by atoms with Crippen LogP contribution in [-0.4, -0.2) is 47.6 Å². The number of unbranched alkanes of at least 4 members (excludes halogenated alkanes) is 1. The van der Waals surface area contributed by atoms with Gasteiger partial charge in [-0.1, -0.05) is 70.9 Å². The molecule has 1 saturated carbocycles. The second kappa shape index (κ2) is 15.8. The quantitative estimate of drug-likeness (QED) is 0.281. The summed E-state index contributed by atoms with van der Waals surface area (Å²) in [6, 6.07) is 9.38. The highest BCUT2D eigenvalue weighted by molar-refractivity contribution is 5.79. The molecule has 0 heterocycles. The third-order valence-corrected chi connectivity index (χ3v) is 7.64. The van der Waals surface area contributed by atoms with Crippen molar-refractivity contribution in [3.05, 3.63) is 35.9 Å². The Balaban J connectivity index is 2.09. The van der Waals surface area contributed by atoms with Gasteiger partial charge in [0, 0.05) is 31.3 Å². The van der Waals surface area contributed by atoms with Crippen LogP contribution in [0.15, 0.2) is 30.3 Å². The Labute approximate surface area is 223 Å². The van der Waals surface area contributed by atoms with Gasteiger partial charge in [0.05, 0.1) is 12.1 Å². The molecule has 7 nitrogen and oxygen atoms in total. The molecule has 37 heavy (non-hydrogen) atoms. The summed E-state index contributed by atoms with van der Waals surface area (Å²) in [5.41, 5.74) is 1.03. The lowest BCUT2D eigenvalue weighted by Crippen LogP contribution is -2.50. The molecule has 6 atom stereocenters. The molecule has 0 radical (unpaired) electrons. The van der Waals surface area contributed by atoms with E-state index in [9.17, 15) is 19.5 Å². The summed E-state index contributed by atoms with van der Waals surface area (Å²) in [6.45, 7) is 10.3. The number of aliphatic hydroxyl groups is 1. The van der Waals surface area contributed by atoms with Crippen molar-refractivity contribution in [2.45, 2.75) is 104 Å². The molecule has 1 aromatic rings. The van der Waals surface area contributed by atoms with Crippen molar-refractivity contribution in [2.75, 3.05) is 6.54 Å². The standard InChI is InChI=1S/C30H49N3O4/c1-6-7-16-31-29(36)21(4)17-27(35)26(18-23-12-9-8-10-13-23)33-30(37)25-15-11-14-24(19-25)28(20(2)3)32-22(5)34/h8-10,12-13,20-21,24-28,35H,6-7,11,14-19H2,1-5H3,(H,31,36)(H,32,34)(H,33,37)/t21-,24+,25-,26+,27+,28+/m1/s1. The van der Waals surface area contributed by atoms with Gasteiger partial charge in [0.15, 0.2) is 0 Å². The van der Waals surface area contributed by atoms with Crippen LogP contribution in [0.5, 0.6) is 0 Å². The first kappa shape index (κ1) is 30.8. The highest BCUT2D eigenvalue weighted by atomic mass is 16.3. The van der Waals surface area contributed by atoms with E-state index in [0.717, 1.165) is 44.1 Å². The Kier molecular flexibility index (Phi) is 13.1. The summed E-state index contributed by atoms with van der Waals surface area (Å²) in [5.74, 6) is -0.130. The third-order valence-electron chi connectivity index (χ3n) is 7.64. The number of carbonyl (C=O) groups is 3. The average molecular weight is 516 g/mol. The van der Waals surface area contributed by atoms with Crippen LogP contribution in [0.2, 0.25) is 0 Å². The lowest BCUT2D eigenvalue weighted by molar-refractivity contribution is -0.128. The van der Waals surface area contributed by atoms with E-state index < -0.39 is 12.1 Å². The minimum Gasteiger partial charge on any atom is -0.391 e. The first-order valence-corrected chi connectivity index (χ1v) is 14.2. The Morgan fingerprint density at radius 3 is 2.38 bits per heavy atom. The van der Waals surface area contributed by atoms with Gasteiger partial charge in [-0.3, -0.25) is 14.4 Å². The molecule has 1 fully saturated rings. The zero-order valence-electron chi connectivity index (χ0n) is 23.5. The molecule has 0 aliphatic heterocycles. The SMILES string of the molecule is CCCCNC(=O)[C@H](C)C[C@H](O)[C@H](Cc1ccccc1)NC(=O)[C@@H]1CCC[C@H]([C@@H](NC(C)=O)C(C)C)C1. The summed E-state index contributed by atoms with van der Waals surface area (Å²) < 4.78 is 0. The van der Waals surface area contributed by atoms with Crippen LogP contribution in [-0.2, 0) is 20.8 Å². The van der Waals surface area contributed by atoms with E-state index in [4.69, 9.17) is 0 Å². The molecule has 2 rings (SSSR count). The number of benzene rings is 1. The van der Waals surface area contributed by atoms with Gasteiger partial charge in [-0.2, -0.15) is 0 Å². The van der Waals surface area contributed by atoms with Gasteiger partial charge >= 0.3 is 0 Å². The molecule has 0 unspecified atom stereocenters. The van der Waals surface area contributed by atoms with Crippen molar-refractivity contribution in [1.29, 1.82) is 0 Å². The summed E-state index contributed by atoms with van der Waals surface area (Å²) in [5, 5.41) is 20.4. The average Bonchev–Trinajstić information content (AvgIpc) is 2.87. The maximum Gasteiger partial charge on any atom is 0.223 e. The second-order valence-electron chi connectivity index (χ2n) is 11.2. The highest BCUT2D eigenvalue weighted by Gasteiger charge is 2.35. The van der Waals surface area contributed by atoms with Crippen molar-refractivity contribution in [3.8, 4) is 0 Å². The van der Waals surface area contributed by atoms with Crippen LogP contribution in [0, 0.1) is 23.7 Å². The van der Waals surface area contributed by atoms with E-state index >= 15 is 0 Å². The number of aliphatic hydroxyl groups excluding tert-OH is 1. The maximum atomic E-state index is 13.5. The number of hydrogen-bond donors (Lipinski definition) is 4. The fourth-order valence-corrected chi connectivity index (χ4v) is 5.50. The van der Waals surface area contributed by atoms with Crippen LogP contribution >= 0.6 is 0 Å². The van der Waals surface area contributed by atoms with Crippen LogP contribution in [0.4, 0.5) is 0 Å². The highest BCUT2D eigenvalue weighted by Crippen LogP contribution is 2.34. The maximum absolute atomic E-state index is 13.5. The minimum absolute atomic E-state index is 0.0378. The predicted molar refractivity (Wildman–Crippen MR) is 148 cm³/mol. The molecule has 0 spiro atoms. The van der Waals surface area contributed by atoms with Gasteiger partial charge in [-0.25, -0.2) is 0 Å². The normalized spacial score (nSPS) is 20.9. The van der Waals surface area contributed by atoms with E-state index in [-0.39, 0.29) is 53.9 Å². The van der Waals surface area contributed by atoms with Crippen molar-refractivity contribution in [1.82, 2.24) is 16.0 Å². The van der Waals surface area contributed by atoms with E-state index in [1.54, 1.807) is 6.92 Å². The second-order valence-corrected chi connectivity index (χ2v) is 11.2. The monoisotopic (exact) mass is 515 g/mol. The number of rotatable bonds is 14. The third kappa shape index (κ3) is 10.5. The molecular weight excluding hydrogens is 466 g/mol. The van der Waals surface area contributed by atoms with Crippen molar-refractivity contribution < 1.29 is 19.5 Å². The van der Waals surface area contributed by atoms with Crippen LogP contribution in [0.25, 0.3) is 0 Å². The Hall–Kier alpha value is -2.41. The van der Waals surface area contributed by atoms with E-state index in [1.807, 2.05) is 37.3 Å². The lowest BCUT2D eigenvalue weighted by Gasteiger charge is -2.37.